The maximum Gasteiger partial charge on any atom is 0.305 e. The second-order valence-corrected chi connectivity index (χ2v) is 4.01. The van der Waals surface area contributed by atoms with Gasteiger partial charge in [-0.05, 0) is 30.9 Å². The topological polar surface area (TPSA) is 63.6 Å². The van der Waals surface area contributed by atoms with E-state index < -0.39 is 6.10 Å². The van der Waals surface area contributed by atoms with Crippen molar-refractivity contribution in [1.82, 2.24) is 0 Å². The van der Waals surface area contributed by atoms with E-state index in [0.717, 1.165) is 12.0 Å². The molecular formula is C13H18O4. The summed E-state index contributed by atoms with van der Waals surface area (Å²) in [5.74, 6) is -0.174. The molecule has 0 heterocycles. The van der Waals surface area contributed by atoms with E-state index in [0.29, 0.717) is 19.3 Å². The first-order valence-electron chi connectivity index (χ1n) is 5.77. The molecule has 1 aliphatic rings. The zero-order valence-corrected chi connectivity index (χ0v) is 10.0. The van der Waals surface area contributed by atoms with Gasteiger partial charge in [-0.2, -0.15) is 0 Å². The number of esters is 1. The molecule has 0 aliphatic heterocycles. The van der Waals surface area contributed by atoms with E-state index >= 15 is 0 Å². The van der Waals surface area contributed by atoms with Crippen molar-refractivity contribution in [2.45, 2.75) is 38.2 Å². The number of Topliss-reactive ketones (excluding diaryl/α,β-unsaturated/α-hetero) is 1. The van der Waals surface area contributed by atoms with Crippen LogP contribution in [0.4, 0.5) is 0 Å². The summed E-state index contributed by atoms with van der Waals surface area (Å²) in [6.07, 6.45) is 7.56. The summed E-state index contributed by atoms with van der Waals surface area (Å²) >= 11 is 0. The summed E-state index contributed by atoms with van der Waals surface area (Å²) in [7, 11) is 1.37. The van der Waals surface area contributed by atoms with Crippen molar-refractivity contribution in [1.29, 1.82) is 0 Å². The lowest BCUT2D eigenvalue weighted by Crippen LogP contribution is -2.01. The van der Waals surface area contributed by atoms with Crippen molar-refractivity contribution < 1.29 is 19.4 Å². The number of methoxy groups -OCH3 is 1. The Hall–Kier alpha value is -1.42. The highest BCUT2D eigenvalue weighted by atomic mass is 16.5. The van der Waals surface area contributed by atoms with Crippen LogP contribution in [-0.4, -0.2) is 30.1 Å². The summed E-state index contributed by atoms with van der Waals surface area (Å²) in [4.78, 5) is 22.1. The van der Waals surface area contributed by atoms with Gasteiger partial charge in [-0.3, -0.25) is 9.59 Å². The number of carbonyl (C=O) groups excluding carboxylic acids is 2. The molecule has 0 amide bonds. The van der Waals surface area contributed by atoms with Crippen LogP contribution in [0.3, 0.4) is 0 Å². The molecule has 4 heteroatoms. The van der Waals surface area contributed by atoms with E-state index in [1.807, 2.05) is 12.2 Å². The highest BCUT2D eigenvalue weighted by molar-refractivity contribution is 5.98. The summed E-state index contributed by atoms with van der Waals surface area (Å²) in [5, 5.41) is 9.23. The van der Waals surface area contributed by atoms with Gasteiger partial charge >= 0.3 is 5.97 Å². The van der Waals surface area contributed by atoms with Gasteiger partial charge in [0.25, 0.3) is 0 Å². The van der Waals surface area contributed by atoms with Crippen LogP contribution in [0.25, 0.3) is 0 Å². The van der Waals surface area contributed by atoms with Gasteiger partial charge in [0.15, 0.2) is 5.78 Å². The zero-order chi connectivity index (χ0) is 12.7. The van der Waals surface area contributed by atoms with Gasteiger partial charge in [0, 0.05) is 12.8 Å². The van der Waals surface area contributed by atoms with Gasteiger partial charge in [0.2, 0.25) is 0 Å². The molecule has 17 heavy (non-hydrogen) atoms. The van der Waals surface area contributed by atoms with E-state index in [-0.39, 0.29) is 18.2 Å². The van der Waals surface area contributed by atoms with E-state index in [1.54, 1.807) is 6.08 Å². The molecular weight excluding hydrogens is 220 g/mol. The maximum atomic E-state index is 11.3. The minimum atomic E-state index is -0.596. The lowest BCUT2D eigenvalue weighted by molar-refractivity contribution is -0.140. The zero-order valence-electron chi connectivity index (χ0n) is 10.0. The smallest absolute Gasteiger partial charge is 0.305 e. The van der Waals surface area contributed by atoms with E-state index in [1.165, 1.54) is 7.11 Å². The van der Waals surface area contributed by atoms with Crippen LogP contribution in [0.1, 0.15) is 32.1 Å². The van der Waals surface area contributed by atoms with E-state index in [2.05, 4.69) is 4.74 Å². The van der Waals surface area contributed by atoms with Crippen molar-refractivity contribution in [3.8, 4) is 0 Å². The fourth-order valence-electron chi connectivity index (χ4n) is 1.71. The number of ether oxygens (including phenoxy) is 1. The number of hydrogen-bond donors (Lipinski definition) is 1. The Kier molecular flexibility index (Phi) is 5.63. The van der Waals surface area contributed by atoms with E-state index in [4.69, 9.17) is 0 Å². The number of hydrogen-bond acceptors (Lipinski definition) is 4. The Labute approximate surface area is 101 Å². The second kappa shape index (κ2) is 7.01. The minimum absolute atomic E-state index is 0.0421. The second-order valence-electron chi connectivity index (χ2n) is 4.01. The fourth-order valence-corrected chi connectivity index (χ4v) is 1.71. The molecule has 0 aromatic carbocycles. The van der Waals surface area contributed by atoms with Crippen LogP contribution < -0.4 is 0 Å². The van der Waals surface area contributed by atoms with Crippen molar-refractivity contribution in [2.24, 2.45) is 0 Å². The predicted molar refractivity (Wildman–Crippen MR) is 63.3 cm³/mol. The summed E-state index contributed by atoms with van der Waals surface area (Å²) < 4.78 is 4.51. The molecule has 1 atom stereocenters. The summed E-state index contributed by atoms with van der Waals surface area (Å²) in [6.45, 7) is 0. The van der Waals surface area contributed by atoms with E-state index in [9.17, 15) is 14.7 Å². The number of aliphatic hydroxyl groups is 1. The molecule has 0 saturated carbocycles. The molecule has 0 spiro atoms. The molecule has 1 rings (SSSR count). The third-order valence-corrected chi connectivity index (χ3v) is 2.64. The largest absolute Gasteiger partial charge is 0.469 e. The number of allylic oxidation sites excluding steroid dienone is 3. The fraction of sp³-hybridized carbons (Fsp3) is 0.538. The SMILES string of the molecule is COC(=O)CCC=CCCC1=CC(O)CC1=O. The molecule has 0 bridgehead atoms. The average molecular weight is 238 g/mol. The molecule has 4 nitrogen and oxygen atoms in total. The Morgan fingerprint density at radius 2 is 2.24 bits per heavy atom. The molecule has 0 aromatic rings. The van der Waals surface area contributed by atoms with Gasteiger partial charge in [0.05, 0.1) is 13.2 Å². The lowest BCUT2D eigenvalue weighted by atomic mass is 10.1. The molecule has 0 aromatic heterocycles. The lowest BCUT2D eigenvalue weighted by Gasteiger charge is -1.96. The molecule has 0 radical (unpaired) electrons. The van der Waals surface area contributed by atoms with Crippen molar-refractivity contribution in [3.63, 3.8) is 0 Å². The van der Waals surface area contributed by atoms with Crippen LogP contribution in [0.15, 0.2) is 23.8 Å². The molecule has 1 unspecified atom stereocenters. The van der Waals surface area contributed by atoms with Crippen LogP contribution in [-0.2, 0) is 14.3 Å². The summed E-state index contributed by atoms with van der Waals surface area (Å²) in [6, 6.07) is 0. The van der Waals surface area contributed by atoms with Crippen LogP contribution >= 0.6 is 0 Å². The van der Waals surface area contributed by atoms with Gasteiger partial charge in [-0.1, -0.05) is 12.2 Å². The molecule has 0 saturated heterocycles. The molecule has 0 fully saturated rings. The maximum absolute atomic E-state index is 11.3. The van der Waals surface area contributed by atoms with Crippen molar-refractivity contribution in [3.05, 3.63) is 23.8 Å². The summed E-state index contributed by atoms with van der Waals surface area (Å²) in [5.41, 5.74) is 0.718. The Balaban J connectivity index is 2.15. The van der Waals surface area contributed by atoms with Gasteiger partial charge in [-0.15, -0.1) is 0 Å². The first-order valence-corrected chi connectivity index (χ1v) is 5.77. The van der Waals surface area contributed by atoms with Gasteiger partial charge in [-0.25, -0.2) is 0 Å². The molecule has 94 valence electrons. The highest BCUT2D eigenvalue weighted by Gasteiger charge is 2.20. The first-order chi connectivity index (χ1) is 8.13. The molecule has 1 aliphatic carbocycles. The number of carbonyl (C=O) groups is 2. The average Bonchev–Trinajstić information content (AvgIpc) is 2.62. The Morgan fingerprint density at radius 3 is 2.82 bits per heavy atom. The van der Waals surface area contributed by atoms with Crippen molar-refractivity contribution >= 4 is 11.8 Å². The quantitative estimate of drug-likeness (QED) is 0.563. The standard InChI is InChI=1S/C13H18O4/c1-17-13(16)7-5-3-2-4-6-10-8-11(14)9-12(10)15/h2-3,8,11,14H,4-7,9H2,1H3. The van der Waals surface area contributed by atoms with Crippen LogP contribution in [0, 0.1) is 0 Å². The number of aliphatic hydroxyl groups excluding tert-OH is 1. The highest BCUT2D eigenvalue weighted by Crippen LogP contribution is 2.19. The molecule has 1 N–H and O–H groups in total. The van der Waals surface area contributed by atoms with Gasteiger partial charge in [0.1, 0.15) is 0 Å². The Morgan fingerprint density at radius 1 is 1.53 bits per heavy atom. The number of ketones is 1. The monoisotopic (exact) mass is 238 g/mol. The van der Waals surface area contributed by atoms with Crippen LogP contribution in [0.5, 0.6) is 0 Å². The minimum Gasteiger partial charge on any atom is -0.469 e. The van der Waals surface area contributed by atoms with Crippen molar-refractivity contribution in [2.75, 3.05) is 7.11 Å². The predicted octanol–water partition coefficient (Wildman–Crippen LogP) is 1.54. The first kappa shape index (κ1) is 13.6. The normalized spacial score (nSPS) is 19.8. The van der Waals surface area contributed by atoms with Crippen LogP contribution in [0.2, 0.25) is 0 Å². The third kappa shape index (κ3) is 4.95. The third-order valence-electron chi connectivity index (χ3n) is 2.64. The Bertz CT molecular complexity index is 341. The number of rotatable bonds is 6. The van der Waals surface area contributed by atoms with Gasteiger partial charge < -0.3 is 9.84 Å².